The summed E-state index contributed by atoms with van der Waals surface area (Å²) in [5.41, 5.74) is 0. The van der Waals surface area contributed by atoms with Gasteiger partial charge in [0, 0.05) is 27.1 Å². The summed E-state index contributed by atoms with van der Waals surface area (Å²) in [7, 11) is 3.29. The lowest BCUT2D eigenvalue weighted by Gasteiger charge is -2.18. The van der Waals surface area contributed by atoms with Gasteiger partial charge >= 0.3 is 6.03 Å². The van der Waals surface area contributed by atoms with Crippen molar-refractivity contribution in [1.82, 2.24) is 15.5 Å². The summed E-state index contributed by atoms with van der Waals surface area (Å²) in [4.78, 5) is 24.5. The molecule has 0 saturated carbocycles. The van der Waals surface area contributed by atoms with Crippen LogP contribution in [0.4, 0.5) is 4.79 Å². The zero-order chi connectivity index (χ0) is 14.4. The number of hydrogen-bond acceptors (Lipinski definition) is 3. The largest absolute Gasteiger partial charge is 0.454 e. The van der Waals surface area contributed by atoms with Crippen LogP contribution in [0.2, 0.25) is 0 Å². The van der Waals surface area contributed by atoms with E-state index in [4.69, 9.17) is 4.42 Å². The summed E-state index contributed by atoms with van der Waals surface area (Å²) in [6.07, 6.45) is 0.592. The molecule has 19 heavy (non-hydrogen) atoms. The van der Waals surface area contributed by atoms with E-state index in [-0.39, 0.29) is 11.9 Å². The van der Waals surface area contributed by atoms with E-state index in [2.05, 4.69) is 26.6 Å². The minimum Gasteiger partial charge on any atom is -0.454 e. The second-order valence-electron chi connectivity index (χ2n) is 4.31. The van der Waals surface area contributed by atoms with Crippen molar-refractivity contribution in [2.75, 3.05) is 20.6 Å². The molecule has 0 radical (unpaired) electrons. The topological polar surface area (TPSA) is 74.6 Å². The molecule has 3 amide bonds. The zero-order valence-corrected chi connectivity index (χ0v) is 12.8. The van der Waals surface area contributed by atoms with Crippen molar-refractivity contribution in [3.8, 4) is 0 Å². The number of nitrogens with zero attached hydrogens (tertiary/aromatic N) is 1. The normalized spacial score (nSPS) is 11.8. The smallest absolute Gasteiger partial charge is 0.315 e. The highest BCUT2D eigenvalue weighted by molar-refractivity contribution is 9.10. The molecule has 6 nitrogen and oxygen atoms in total. The number of rotatable bonds is 5. The molecule has 0 spiro atoms. The SMILES string of the molecule is C[C@H](NC(=O)NCCc1ccc(Br)o1)C(=O)N(C)C. The van der Waals surface area contributed by atoms with Crippen LogP contribution in [0.5, 0.6) is 0 Å². The van der Waals surface area contributed by atoms with Gasteiger partial charge in [0.2, 0.25) is 5.91 Å². The van der Waals surface area contributed by atoms with Gasteiger partial charge in [-0.1, -0.05) is 0 Å². The Morgan fingerprint density at radius 2 is 2.11 bits per heavy atom. The van der Waals surface area contributed by atoms with Gasteiger partial charge in [0.1, 0.15) is 11.8 Å². The molecule has 0 aromatic carbocycles. The minimum atomic E-state index is -0.548. The van der Waals surface area contributed by atoms with Gasteiger partial charge in [0.25, 0.3) is 0 Å². The first-order valence-electron chi connectivity index (χ1n) is 5.90. The average Bonchev–Trinajstić information content (AvgIpc) is 2.73. The van der Waals surface area contributed by atoms with Crippen LogP contribution in [-0.2, 0) is 11.2 Å². The summed E-state index contributed by atoms with van der Waals surface area (Å²) in [6, 6.07) is 2.72. The molecule has 0 aliphatic rings. The molecule has 0 bridgehead atoms. The Balaban J connectivity index is 2.26. The summed E-state index contributed by atoms with van der Waals surface area (Å²) < 4.78 is 5.96. The Morgan fingerprint density at radius 1 is 1.42 bits per heavy atom. The number of urea groups is 1. The Bertz CT molecular complexity index is 445. The number of likely N-dealkylation sites (N-methyl/N-ethyl adjacent to an activating group) is 1. The predicted molar refractivity (Wildman–Crippen MR) is 74.8 cm³/mol. The maximum absolute atomic E-state index is 11.5. The summed E-state index contributed by atoms with van der Waals surface area (Å²) in [5.74, 6) is 0.634. The van der Waals surface area contributed by atoms with Gasteiger partial charge in [-0.05, 0) is 35.0 Å². The van der Waals surface area contributed by atoms with Crippen LogP contribution >= 0.6 is 15.9 Å². The van der Waals surface area contributed by atoms with E-state index in [1.807, 2.05) is 6.07 Å². The van der Waals surface area contributed by atoms with Gasteiger partial charge in [0.05, 0.1) is 0 Å². The summed E-state index contributed by atoms with van der Waals surface area (Å²) >= 11 is 3.21. The number of carbonyl (C=O) groups is 2. The maximum atomic E-state index is 11.5. The molecule has 1 aromatic rings. The maximum Gasteiger partial charge on any atom is 0.315 e. The van der Waals surface area contributed by atoms with Gasteiger partial charge in [0.15, 0.2) is 4.67 Å². The highest BCUT2D eigenvalue weighted by Gasteiger charge is 2.16. The van der Waals surface area contributed by atoms with Crippen molar-refractivity contribution in [1.29, 1.82) is 0 Å². The summed E-state index contributed by atoms with van der Waals surface area (Å²) in [5, 5.41) is 5.24. The molecule has 2 N–H and O–H groups in total. The molecule has 1 aromatic heterocycles. The molecule has 0 fully saturated rings. The molecule has 106 valence electrons. The predicted octanol–water partition coefficient (Wildman–Crippen LogP) is 1.36. The minimum absolute atomic E-state index is 0.148. The second kappa shape index (κ2) is 7.18. The van der Waals surface area contributed by atoms with Crippen molar-refractivity contribution >= 4 is 27.9 Å². The molecule has 1 atom stereocenters. The molecular weight excluding hydrogens is 314 g/mol. The fourth-order valence-corrected chi connectivity index (χ4v) is 1.82. The van der Waals surface area contributed by atoms with E-state index in [1.54, 1.807) is 27.1 Å². The molecule has 0 saturated heterocycles. The van der Waals surface area contributed by atoms with Crippen LogP contribution in [0.3, 0.4) is 0 Å². The average molecular weight is 332 g/mol. The fraction of sp³-hybridized carbons (Fsp3) is 0.500. The highest BCUT2D eigenvalue weighted by atomic mass is 79.9. The lowest BCUT2D eigenvalue weighted by atomic mass is 10.3. The number of furan rings is 1. The van der Waals surface area contributed by atoms with E-state index in [9.17, 15) is 9.59 Å². The highest BCUT2D eigenvalue weighted by Crippen LogP contribution is 2.13. The molecule has 1 rings (SSSR count). The van der Waals surface area contributed by atoms with Crippen LogP contribution < -0.4 is 10.6 Å². The van der Waals surface area contributed by atoms with E-state index in [0.717, 1.165) is 5.76 Å². The third-order valence-corrected chi connectivity index (χ3v) is 2.87. The Labute approximate surface area is 120 Å². The second-order valence-corrected chi connectivity index (χ2v) is 5.09. The van der Waals surface area contributed by atoms with Crippen molar-refractivity contribution in [2.45, 2.75) is 19.4 Å². The third kappa shape index (κ3) is 5.34. The first-order chi connectivity index (χ1) is 8.90. The molecule has 0 aliphatic heterocycles. The lowest BCUT2D eigenvalue weighted by molar-refractivity contribution is -0.130. The quantitative estimate of drug-likeness (QED) is 0.855. The number of carbonyl (C=O) groups excluding carboxylic acids is 2. The van der Waals surface area contributed by atoms with Crippen LogP contribution in [0.1, 0.15) is 12.7 Å². The van der Waals surface area contributed by atoms with Crippen LogP contribution in [-0.4, -0.2) is 43.5 Å². The lowest BCUT2D eigenvalue weighted by Crippen LogP contribution is -2.48. The molecule has 0 unspecified atom stereocenters. The molecule has 1 heterocycles. The van der Waals surface area contributed by atoms with Gasteiger partial charge < -0.3 is 20.0 Å². The van der Waals surface area contributed by atoms with Gasteiger partial charge in [-0.2, -0.15) is 0 Å². The monoisotopic (exact) mass is 331 g/mol. The Hall–Kier alpha value is -1.50. The van der Waals surface area contributed by atoms with Gasteiger partial charge in [-0.25, -0.2) is 4.79 Å². The van der Waals surface area contributed by atoms with Crippen molar-refractivity contribution in [3.05, 3.63) is 22.6 Å². The number of hydrogen-bond donors (Lipinski definition) is 2. The number of halogens is 1. The van der Waals surface area contributed by atoms with Crippen molar-refractivity contribution < 1.29 is 14.0 Å². The van der Waals surface area contributed by atoms with Crippen LogP contribution in [0.15, 0.2) is 21.2 Å². The number of amides is 3. The Morgan fingerprint density at radius 3 is 2.63 bits per heavy atom. The van der Waals surface area contributed by atoms with E-state index in [1.165, 1.54) is 4.90 Å². The first kappa shape index (κ1) is 15.6. The zero-order valence-electron chi connectivity index (χ0n) is 11.2. The Kier molecular flexibility index (Phi) is 5.88. The van der Waals surface area contributed by atoms with E-state index < -0.39 is 6.04 Å². The third-order valence-electron chi connectivity index (χ3n) is 2.44. The van der Waals surface area contributed by atoms with Gasteiger partial charge in [-0.3, -0.25) is 4.79 Å². The molecule has 0 aliphatic carbocycles. The van der Waals surface area contributed by atoms with Crippen molar-refractivity contribution in [2.24, 2.45) is 0 Å². The summed E-state index contributed by atoms with van der Waals surface area (Å²) in [6.45, 7) is 2.08. The molecule has 7 heteroatoms. The van der Waals surface area contributed by atoms with Gasteiger partial charge in [-0.15, -0.1) is 0 Å². The van der Waals surface area contributed by atoms with E-state index in [0.29, 0.717) is 17.6 Å². The molecular formula is C12H18BrN3O3. The fourth-order valence-electron chi connectivity index (χ4n) is 1.48. The standard InChI is InChI=1S/C12H18BrN3O3/c1-8(11(17)16(2)3)15-12(18)14-7-6-9-4-5-10(13)19-9/h4-5,8H,6-7H2,1-3H3,(H2,14,15,18)/t8-/m0/s1. The van der Waals surface area contributed by atoms with E-state index >= 15 is 0 Å². The first-order valence-corrected chi connectivity index (χ1v) is 6.69. The number of nitrogens with one attached hydrogen (secondary N) is 2. The van der Waals surface area contributed by atoms with Crippen LogP contribution in [0, 0.1) is 0 Å². The van der Waals surface area contributed by atoms with Crippen LogP contribution in [0.25, 0.3) is 0 Å². The van der Waals surface area contributed by atoms with Crippen molar-refractivity contribution in [3.63, 3.8) is 0 Å².